The maximum atomic E-state index is 13.1. The number of para-hydroxylation sites is 1. The van der Waals surface area contributed by atoms with Crippen molar-refractivity contribution in [3.8, 4) is 0 Å². The fraction of sp³-hybridized carbons (Fsp3) is 0.316. The van der Waals surface area contributed by atoms with E-state index in [-0.39, 0.29) is 17.6 Å². The van der Waals surface area contributed by atoms with Gasteiger partial charge in [-0.1, -0.05) is 23.5 Å². The number of rotatable bonds is 3. The Morgan fingerprint density at radius 1 is 1.37 bits per heavy atom. The molecule has 7 nitrogen and oxygen atoms in total. The second-order valence-corrected chi connectivity index (χ2v) is 7.95. The van der Waals surface area contributed by atoms with Crippen LogP contribution in [-0.2, 0) is 11.3 Å². The first-order valence-electron chi connectivity index (χ1n) is 9.02. The molecule has 8 heteroatoms. The lowest BCUT2D eigenvalue weighted by Crippen LogP contribution is -3.11. The predicted octanol–water partition coefficient (Wildman–Crippen LogP) is 1.64. The molecule has 1 fully saturated rings. The number of nitrogens with zero attached hydrogens (tertiary/aromatic N) is 2. The van der Waals surface area contributed by atoms with Gasteiger partial charge in [-0.2, -0.15) is 4.98 Å². The molecule has 0 saturated carbocycles. The number of amides is 1. The van der Waals surface area contributed by atoms with Gasteiger partial charge in [0.15, 0.2) is 0 Å². The monoisotopic (exact) mass is 383 g/mol. The summed E-state index contributed by atoms with van der Waals surface area (Å²) < 4.78 is 8.35. The fourth-order valence-electron chi connectivity index (χ4n) is 3.82. The van der Waals surface area contributed by atoms with E-state index < -0.39 is 0 Å². The van der Waals surface area contributed by atoms with Gasteiger partial charge in [-0.15, -0.1) is 5.01 Å². The smallest absolute Gasteiger partial charge is 0.376 e. The number of fused-ring (bicyclic) bond motifs is 2. The Morgan fingerprint density at radius 2 is 2.22 bits per heavy atom. The Labute approximate surface area is 159 Å². The molecule has 1 saturated heterocycles. The average Bonchev–Trinajstić information content (AvgIpc) is 3.37. The highest BCUT2D eigenvalue weighted by Crippen LogP contribution is 2.26. The van der Waals surface area contributed by atoms with Crippen molar-refractivity contribution < 1.29 is 14.5 Å². The number of pyridine rings is 1. The lowest BCUT2D eigenvalue weighted by Gasteiger charge is -2.15. The van der Waals surface area contributed by atoms with Crippen LogP contribution in [0.15, 0.2) is 35.1 Å². The first kappa shape index (κ1) is 16.6. The first-order valence-corrected chi connectivity index (χ1v) is 9.84. The molecule has 2 aromatic heterocycles. The molecule has 1 aromatic carbocycles. The van der Waals surface area contributed by atoms with E-state index in [4.69, 9.17) is 4.74 Å². The highest BCUT2D eigenvalue weighted by Gasteiger charge is 2.40. The van der Waals surface area contributed by atoms with Gasteiger partial charge in [-0.3, -0.25) is 4.79 Å². The molecule has 1 amide bonds. The average molecular weight is 383 g/mol. The summed E-state index contributed by atoms with van der Waals surface area (Å²) in [5.41, 5.74) is 5.69. The number of ether oxygens (including phenoxy) is 1. The lowest BCUT2D eigenvalue weighted by atomic mass is 10.1. The second-order valence-electron chi connectivity index (χ2n) is 6.92. The van der Waals surface area contributed by atoms with Gasteiger partial charge >= 0.3 is 11.0 Å². The SMILES string of the molecule is Cc1c2c(cc(=O)n1C[C@@H]1CCCO1)N[NH+](c1nc3ccccc3s1)C2=O. The molecule has 138 valence electrons. The summed E-state index contributed by atoms with van der Waals surface area (Å²) in [7, 11) is 0. The van der Waals surface area contributed by atoms with Gasteiger partial charge in [0.1, 0.15) is 11.3 Å². The van der Waals surface area contributed by atoms with Crippen LogP contribution >= 0.6 is 11.3 Å². The highest BCUT2D eigenvalue weighted by atomic mass is 32.1. The van der Waals surface area contributed by atoms with Crippen LogP contribution in [0.4, 0.5) is 10.8 Å². The Hall–Kier alpha value is -2.55. The zero-order valence-electron chi connectivity index (χ0n) is 14.8. The maximum Gasteiger partial charge on any atom is 0.379 e. The minimum Gasteiger partial charge on any atom is -0.376 e. The molecule has 2 N–H and O–H groups in total. The topological polar surface area (TPSA) is 77.7 Å². The molecule has 2 aliphatic heterocycles. The van der Waals surface area contributed by atoms with Gasteiger partial charge in [0.05, 0.1) is 22.9 Å². The van der Waals surface area contributed by atoms with Gasteiger partial charge in [0.25, 0.3) is 5.56 Å². The van der Waals surface area contributed by atoms with E-state index in [1.807, 2.05) is 31.2 Å². The van der Waals surface area contributed by atoms with Crippen LogP contribution in [0.25, 0.3) is 10.2 Å². The van der Waals surface area contributed by atoms with Gasteiger partial charge in [-0.05, 0) is 31.9 Å². The summed E-state index contributed by atoms with van der Waals surface area (Å²) >= 11 is 1.47. The molecule has 5 rings (SSSR count). The van der Waals surface area contributed by atoms with Crippen LogP contribution in [0, 0.1) is 6.92 Å². The first-order chi connectivity index (χ1) is 13.1. The number of nitrogens with one attached hydrogen (secondary N) is 2. The number of benzene rings is 1. The Kier molecular flexibility index (Phi) is 3.85. The van der Waals surface area contributed by atoms with Crippen LogP contribution < -0.4 is 16.0 Å². The molecule has 27 heavy (non-hydrogen) atoms. The van der Waals surface area contributed by atoms with Gasteiger partial charge in [0.2, 0.25) is 0 Å². The Morgan fingerprint density at radius 3 is 3.00 bits per heavy atom. The number of anilines is 1. The third kappa shape index (κ3) is 2.68. The molecule has 4 heterocycles. The lowest BCUT2D eigenvalue weighted by molar-refractivity contribution is -0.709. The van der Waals surface area contributed by atoms with Gasteiger partial charge in [-0.25, -0.2) is 10.2 Å². The van der Waals surface area contributed by atoms with Crippen molar-refractivity contribution in [1.29, 1.82) is 0 Å². The molecule has 0 radical (unpaired) electrons. The predicted molar refractivity (Wildman–Crippen MR) is 103 cm³/mol. The molecule has 1 unspecified atom stereocenters. The van der Waals surface area contributed by atoms with E-state index in [1.165, 1.54) is 17.4 Å². The molecule has 2 aliphatic rings. The van der Waals surface area contributed by atoms with Crippen LogP contribution in [0.5, 0.6) is 0 Å². The van der Waals surface area contributed by atoms with E-state index in [1.54, 1.807) is 4.57 Å². The summed E-state index contributed by atoms with van der Waals surface area (Å²) in [6, 6.07) is 9.31. The molecular weight excluding hydrogens is 364 g/mol. The number of quaternary nitrogens is 1. The normalized spacial score (nSPS) is 21.6. The van der Waals surface area contributed by atoms with Crippen molar-refractivity contribution in [1.82, 2.24) is 9.55 Å². The highest BCUT2D eigenvalue weighted by molar-refractivity contribution is 7.21. The summed E-state index contributed by atoms with van der Waals surface area (Å²) in [5, 5.41) is 1.10. The molecule has 0 bridgehead atoms. The minimum atomic E-state index is -0.118. The number of hydrogen-bond acceptors (Lipinski definition) is 6. The van der Waals surface area contributed by atoms with E-state index >= 15 is 0 Å². The minimum absolute atomic E-state index is 0.0385. The van der Waals surface area contributed by atoms with Gasteiger partial charge < -0.3 is 9.30 Å². The van der Waals surface area contributed by atoms with Crippen molar-refractivity contribution in [2.45, 2.75) is 32.4 Å². The van der Waals surface area contributed by atoms with Crippen molar-refractivity contribution in [2.75, 3.05) is 12.0 Å². The fourth-order valence-corrected chi connectivity index (χ4v) is 4.78. The number of carbonyl (C=O) groups excluding carboxylic acids is 1. The zero-order valence-corrected chi connectivity index (χ0v) is 15.6. The Balaban J connectivity index is 1.53. The van der Waals surface area contributed by atoms with Crippen molar-refractivity contribution in [2.24, 2.45) is 0 Å². The summed E-state index contributed by atoms with van der Waals surface area (Å²) in [4.78, 5) is 30.3. The Bertz CT molecular complexity index is 1080. The standard InChI is InChI=1S/C19H18N4O3S/c1-11-17-14(9-16(24)22(11)10-12-5-4-8-26-12)21-23(18(17)25)19-20-13-6-2-3-7-15(13)27-19/h2-3,6-7,9,12,21H,4-5,8,10H2,1H3/p+1/t12-/m0/s1. The number of hydrogen-bond donors (Lipinski definition) is 2. The zero-order chi connectivity index (χ0) is 18.5. The van der Waals surface area contributed by atoms with Crippen LogP contribution in [0.1, 0.15) is 28.9 Å². The molecule has 3 aromatic rings. The number of carbonyl (C=O) groups is 1. The maximum absolute atomic E-state index is 13.1. The van der Waals surface area contributed by atoms with Crippen LogP contribution in [0.2, 0.25) is 0 Å². The van der Waals surface area contributed by atoms with E-state index in [0.29, 0.717) is 33.6 Å². The van der Waals surface area contributed by atoms with E-state index in [0.717, 1.165) is 29.7 Å². The molecule has 2 atom stereocenters. The third-order valence-corrected chi connectivity index (χ3v) is 6.26. The van der Waals surface area contributed by atoms with Crippen LogP contribution in [0.3, 0.4) is 0 Å². The van der Waals surface area contributed by atoms with Crippen LogP contribution in [-0.4, -0.2) is 28.2 Å². The molecule has 0 spiro atoms. The number of aromatic nitrogens is 2. The van der Waals surface area contributed by atoms with Crippen molar-refractivity contribution in [3.05, 3.63) is 51.9 Å². The molecule has 0 aliphatic carbocycles. The summed E-state index contributed by atoms with van der Waals surface area (Å²) in [5.74, 6) is -0.109. The van der Waals surface area contributed by atoms with Gasteiger partial charge in [0, 0.05) is 18.4 Å². The van der Waals surface area contributed by atoms with Crippen molar-refractivity contribution in [3.63, 3.8) is 0 Å². The molecular formula is C19H19N4O3S+. The number of thiazole rings is 1. The van der Waals surface area contributed by atoms with E-state index in [2.05, 4.69) is 10.4 Å². The third-order valence-electron chi connectivity index (χ3n) is 5.20. The summed E-state index contributed by atoms with van der Waals surface area (Å²) in [6.07, 6.45) is 1.99. The second kappa shape index (κ2) is 6.26. The summed E-state index contributed by atoms with van der Waals surface area (Å²) in [6.45, 7) is 3.05. The largest absolute Gasteiger partial charge is 0.379 e. The van der Waals surface area contributed by atoms with Crippen molar-refractivity contribution >= 4 is 38.3 Å². The quantitative estimate of drug-likeness (QED) is 0.719. The van der Waals surface area contributed by atoms with E-state index in [9.17, 15) is 9.59 Å².